The van der Waals surface area contributed by atoms with Crippen LogP contribution in [0.5, 0.6) is 0 Å². The second kappa shape index (κ2) is 9.16. The van der Waals surface area contributed by atoms with Gasteiger partial charge in [0.1, 0.15) is 17.9 Å². The number of ether oxygens (including phenoxy) is 1. The molecule has 0 saturated heterocycles. The number of aromatic nitrogens is 4. The van der Waals surface area contributed by atoms with Gasteiger partial charge in [0, 0.05) is 41.7 Å². The Labute approximate surface area is 214 Å². The maximum absolute atomic E-state index is 14.2. The number of benzene rings is 1. The Morgan fingerprint density at radius 2 is 2.16 bits per heavy atom. The number of rotatable bonds is 6. The predicted molar refractivity (Wildman–Crippen MR) is 138 cm³/mol. The topological polar surface area (TPSA) is 84.8 Å². The minimum absolute atomic E-state index is 0.0785. The van der Waals surface area contributed by atoms with Crippen LogP contribution in [0.15, 0.2) is 48.8 Å². The number of hydrogen-bond acceptors (Lipinski definition) is 4. The van der Waals surface area contributed by atoms with Crippen LogP contribution in [0, 0.1) is 24.2 Å². The largest absolute Gasteiger partial charge is 0.383 e. The summed E-state index contributed by atoms with van der Waals surface area (Å²) in [5.74, 6) is 6.21. The number of halogens is 1. The zero-order chi connectivity index (χ0) is 25.6. The molecular weight excluding hydrogens is 469 g/mol. The molecule has 188 valence electrons. The van der Waals surface area contributed by atoms with E-state index in [4.69, 9.17) is 4.74 Å². The average molecular weight is 498 g/mol. The molecule has 1 unspecified atom stereocenters. The lowest BCUT2D eigenvalue weighted by Crippen LogP contribution is -2.31. The monoisotopic (exact) mass is 497 g/mol. The van der Waals surface area contributed by atoms with Crippen molar-refractivity contribution >= 4 is 16.8 Å². The lowest BCUT2D eigenvalue weighted by atomic mass is 10.1. The molecule has 7 nitrogen and oxygen atoms in total. The third kappa shape index (κ3) is 4.63. The van der Waals surface area contributed by atoms with Gasteiger partial charge in [-0.2, -0.15) is 0 Å². The summed E-state index contributed by atoms with van der Waals surface area (Å²) in [7, 11) is 1.69. The summed E-state index contributed by atoms with van der Waals surface area (Å²) in [5.41, 5.74) is 4.82. The lowest BCUT2D eigenvalue weighted by molar-refractivity contribution is 0.0936. The fourth-order valence-electron chi connectivity index (χ4n) is 5.08. The Morgan fingerprint density at radius 3 is 2.95 bits per heavy atom. The molecule has 1 amide bonds. The third-order valence-electron chi connectivity index (χ3n) is 7.13. The molecule has 2 atom stereocenters. The Kier molecular flexibility index (Phi) is 5.81. The molecular formula is C29H28FN5O2. The van der Waals surface area contributed by atoms with Crippen LogP contribution in [-0.4, -0.2) is 45.3 Å². The highest BCUT2D eigenvalue weighted by Gasteiger charge is 2.41. The molecule has 1 fully saturated rings. The highest BCUT2D eigenvalue weighted by atomic mass is 19.1. The summed E-state index contributed by atoms with van der Waals surface area (Å²) in [6.07, 6.45) is 3.01. The van der Waals surface area contributed by atoms with Crippen LogP contribution >= 0.6 is 0 Å². The van der Waals surface area contributed by atoms with Crippen LogP contribution in [0.3, 0.4) is 0 Å². The SMILES string of the molecule is COCC1(C#Cc2cc(C)nc(C(=O)NC(c3cc4ccccc4[nH]3)c3ncn4c3C[C@@H](F)C4)c2)CC1. The summed E-state index contributed by atoms with van der Waals surface area (Å²) in [6, 6.07) is 12.9. The number of methoxy groups -OCH3 is 1. The molecule has 2 N–H and O–H groups in total. The highest BCUT2D eigenvalue weighted by molar-refractivity contribution is 5.93. The molecule has 37 heavy (non-hydrogen) atoms. The zero-order valence-corrected chi connectivity index (χ0v) is 20.8. The Balaban J connectivity index is 1.34. The Morgan fingerprint density at radius 1 is 1.32 bits per heavy atom. The quantitative estimate of drug-likeness (QED) is 0.390. The van der Waals surface area contributed by atoms with Crippen molar-refractivity contribution in [2.75, 3.05) is 13.7 Å². The number of aryl methyl sites for hydroxylation is 1. The van der Waals surface area contributed by atoms with Crippen molar-refractivity contribution in [3.05, 3.63) is 82.8 Å². The summed E-state index contributed by atoms with van der Waals surface area (Å²) >= 11 is 0. The summed E-state index contributed by atoms with van der Waals surface area (Å²) in [6.45, 7) is 2.74. The van der Waals surface area contributed by atoms with Crippen molar-refractivity contribution in [2.45, 2.75) is 44.9 Å². The smallest absolute Gasteiger partial charge is 0.270 e. The number of carbonyl (C=O) groups excluding carboxylic acids is 1. The van der Waals surface area contributed by atoms with Gasteiger partial charge in [0.15, 0.2) is 0 Å². The van der Waals surface area contributed by atoms with Gasteiger partial charge in [-0.05, 0) is 49.4 Å². The van der Waals surface area contributed by atoms with Crippen LogP contribution in [0.25, 0.3) is 10.9 Å². The molecule has 1 aliphatic carbocycles. The van der Waals surface area contributed by atoms with E-state index in [1.165, 1.54) is 0 Å². The lowest BCUT2D eigenvalue weighted by Gasteiger charge is -2.17. The molecule has 6 rings (SSSR count). The van der Waals surface area contributed by atoms with Crippen molar-refractivity contribution in [1.82, 2.24) is 24.8 Å². The molecule has 0 bridgehead atoms. The van der Waals surface area contributed by atoms with Gasteiger partial charge in [-0.25, -0.2) is 14.4 Å². The van der Waals surface area contributed by atoms with Crippen molar-refractivity contribution in [2.24, 2.45) is 5.41 Å². The zero-order valence-electron chi connectivity index (χ0n) is 20.8. The molecule has 0 spiro atoms. The average Bonchev–Trinajstić information content (AvgIpc) is 3.17. The van der Waals surface area contributed by atoms with E-state index in [-0.39, 0.29) is 30.0 Å². The number of fused-ring (bicyclic) bond motifs is 2. The molecule has 1 saturated carbocycles. The molecule has 1 aliphatic heterocycles. The maximum Gasteiger partial charge on any atom is 0.270 e. The first-order valence-corrected chi connectivity index (χ1v) is 12.5. The van der Waals surface area contributed by atoms with Gasteiger partial charge >= 0.3 is 0 Å². The molecule has 4 aromatic rings. The number of pyridine rings is 1. The van der Waals surface area contributed by atoms with E-state index in [9.17, 15) is 9.18 Å². The van der Waals surface area contributed by atoms with Crippen LogP contribution in [-0.2, 0) is 17.7 Å². The first kappa shape index (κ1) is 23.4. The summed E-state index contributed by atoms with van der Waals surface area (Å²) < 4.78 is 21.4. The Bertz CT molecular complexity index is 1520. The number of para-hydroxylation sites is 1. The van der Waals surface area contributed by atoms with Crippen molar-refractivity contribution in [1.29, 1.82) is 0 Å². The summed E-state index contributed by atoms with van der Waals surface area (Å²) in [4.78, 5) is 26.0. The molecule has 4 heterocycles. The normalized spacial score (nSPS) is 18.2. The second-order valence-electron chi connectivity index (χ2n) is 10.1. The van der Waals surface area contributed by atoms with Gasteiger partial charge in [-0.15, -0.1) is 0 Å². The molecule has 0 radical (unpaired) electrons. The molecule has 3 aromatic heterocycles. The van der Waals surface area contributed by atoms with E-state index in [0.717, 1.165) is 40.7 Å². The Hall–Kier alpha value is -3.96. The number of H-pyrrole nitrogens is 1. The van der Waals surface area contributed by atoms with Crippen LogP contribution < -0.4 is 5.32 Å². The minimum Gasteiger partial charge on any atom is -0.383 e. The third-order valence-corrected chi connectivity index (χ3v) is 7.13. The van der Waals surface area contributed by atoms with E-state index >= 15 is 0 Å². The fraction of sp³-hybridized carbons (Fsp3) is 0.345. The van der Waals surface area contributed by atoms with Gasteiger partial charge in [-0.1, -0.05) is 30.0 Å². The minimum atomic E-state index is -0.955. The van der Waals surface area contributed by atoms with Gasteiger partial charge in [-0.3, -0.25) is 4.79 Å². The molecule has 8 heteroatoms. The van der Waals surface area contributed by atoms with Crippen molar-refractivity contribution in [3.63, 3.8) is 0 Å². The number of nitrogens with one attached hydrogen (secondary N) is 2. The maximum atomic E-state index is 14.2. The van der Waals surface area contributed by atoms with Gasteiger partial charge in [0.25, 0.3) is 5.91 Å². The van der Waals surface area contributed by atoms with Crippen molar-refractivity contribution in [3.8, 4) is 11.8 Å². The van der Waals surface area contributed by atoms with Gasteiger partial charge in [0.2, 0.25) is 0 Å². The van der Waals surface area contributed by atoms with Crippen molar-refractivity contribution < 1.29 is 13.9 Å². The highest BCUT2D eigenvalue weighted by Crippen LogP contribution is 2.45. The number of aromatic amines is 1. The van der Waals surface area contributed by atoms with Crippen LogP contribution in [0.2, 0.25) is 0 Å². The number of hydrogen-bond donors (Lipinski definition) is 2. The van der Waals surface area contributed by atoms with E-state index in [1.54, 1.807) is 19.5 Å². The first-order chi connectivity index (χ1) is 17.9. The standard InChI is InChI=1S/C29H28FN5O2/c1-18-11-19(7-8-29(9-10-29)16-37-2)12-24(32-18)28(36)34-26(23-13-20-5-3-4-6-22(20)33-23)27-25-14-21(30)15-35(25)17-31-27/h3-6,11-13,17,21,26,33H,9-10,14-16H2,1-2H3,(H,34,36)/t21-,26?/m1/s1. The molecule has 2 aliphatic rings. The predicted octanol–water partition coefficient (Wildman–Crippen LogP) is 4.26. The van der Waals surface area contributed by atoms with E-state index in [0.29, 0.717) is 18.0 Å². The van der Waals surface area contributed by atoms with Gasteiger partial charge in [0.05, 0.1) is 30.6 Å². The molecule has 1 aromatic carbocycles. The van der Waals surface area contributed by atoms with Gasteiger partial charge < -0.3 is 19.6 Å². The number of nitrogens with zero attached hydrogens (tertiary/aromatic N) is 3. The van der Waals surface area contributed by atoms with E-state index in [1.807, 2.05) is 47.9 Å². The van der Waals surface area contributed by atoms with E-state index < -0.39 is 12.2 Å². The summed E-state index contributed by atoms with van der Waals surface area (Å²) in [5, 5.41) is 4.14. The number of carbonyl (C=O) groups is 1. The van der Waals surface area contributed by atoms with E-state index in [2.05, 4.69) is 32.1 Å². The number of amides is 1. The van der Waals surface area contributed by atoms with Crippen LogP contribution in [0.4, 0.5) is 4.39 Å². The number of alkyl halides is 1. The second-order valence-corrected chi connectivity index (χ2v) is 10.1. The first-order valence-electron chi connectivity index (χ1n) is 12.5. The number of imidazole rings is 1. The van der Waals surface area contributed by atoms with Crippen LogP contribution in [0.1, 0.15) is 57.7 Å². The fourth-order valence-corrected chi connectivity index (χ4v) is 5.08.